The number of rotatable bonds is 7. The van der Waals surface area contributed by atoms with Crippen molar-refractivity contribution in [1.82, 2.24) is 5.32 Å². The van der Waals surface area contributed by atoms with E-state index >= 15 is 0 Å². The second-order valence-corrected chi connectivity index (χ2v) is 6.44. The molecule has 0 aliphatic heterocycles. The number of amides is 1. The summed E-state index contributed by atoms with van der Waals surface area (Å²) >= 11 is 5.97. The third kappa shape index (κ3) is 6.20. The zero-order valence-electron chi connectivity index (χ0n) is 15.4. The van der Waals surface area contributed by atoms with Crippen molar-refractivity contribution >= 4 is 35.6 Å². The maximum Gasteiger partial charge on any atom is 0.255 e. The molecule has 0 saturated carbocycles. The van der Waals surface area contributed by atoms with E-state index in [4.69, 9.17) is 26.8 Å². The van der Waals surface area contributed by atoms with Crippen LogP contribution in [0.25, 0.3) is 0 Å². The number of nitrogen functional groups attached to an aromatic ring is 1. The SMILES string of the molecule is COc1cc(N)c(Cl)cc1C(=O)NCC(O)c1ccc(OC(C)C)cc1.Cl. The molecule has 27 heavy (non-hydrogen) atoms. The van der Waals surface area contributed by atoms with Crippen LogP contribution in [0.2, 0.25) is 5.02 Å². The summed E-state index contributed by atoms with van der Waals surface area (Å²) in [5.41, 5.74) is 6.95. The molecule has 148 valence electrons. The molecule has 0 heterocycles. The Balaban J connectivity index is 0.00000364. The van der Waals surface area contributed by atoms with E-state index in [1.165, 1.54) is 19.2 Å². The highest BCUT2D eigenvalue weighted by atomic mass is 35.5. The molecular formula is C19H24Cl2N2O4. The molecular weight excluding hydrogens is 391 g/mol. The van der Waals surface area contributed by atoms with Gasteiger partial charge < -0.3 is 25.6 Å². The summed E-state index contributed by atoms with van der Waals surface area (Å²) in [5.74, 6) is 0.623. The van der Waals surface area contributed by atoms with Gasteiger partial charge >= 0.3 is 0 Å². The molecule has 6 nitrogen and oxygen atoms in total. The van der Waals surface area contributed by atoms with Gasteiger partial charge in [0.2, 0.25) is 0 Å². The van der Waals surface area contributed by atoms with Gasteiger partial charge in [-0.1, -0.05) is 23.7 Å². The van der Waals surface area contributed by atoms with Gasteiger partial charge in [0.05, 0.1) is 35.6 Å². The fourth-order valence-corrected chi connectivity index (χ4v) is 2.52. The first-order valence-electron chi connectivity index (χ1n) is 8.17. The van der Waals surface area contributed by atoms with Gasteiger partial charge in [-0.25, -0.2) is 0 Å². The number of aliphatic hydroxyl groups is 1. The zero-order chi connectivity index (χ0) is 19.3. The fourth-order valence-electron chi connectivity index (χ4n) is 2.36. The first-order chi connectivity index (χ1) is 12.3. The third-order valence-electron chi connectivity index (χ3n) is 3.66. The lowest BCUT2D eigenvalue weighted by Crippen LogP contribution is -2.28. The molecule has 0 aliphatic rings. The molecule has 0 fully saturated rings. The monoisotopic (exact) mass is 414 g/mol. The van der Waals surface area contributed by atoms with Gasteiger partial charge in [-0.2, -0.15) is 0 Å². The van der Waals surface area contributed by atoms with Crippen LogP contribution in [0.4, 0.5) is 5.69 Å². The van der Waals surface area contributed by atoms with E-state index < -0.39 is 12.0 Å². The highest BCUT2D eigenvalue weighted by Crippen LogP contribution is 2.29. The lowest BCUT2D eigenvalue weighted by molar-refractivity contribution is 0.0913. The van der Waals surface area contributed by atoms with Crippen LogP contribution in [-0.2, 0) is 0 Å². The molecule has 1 amide bonds. The van der Waals surface area contributed by atoms with Gasteiger partial charge in [0.1, 0.15) is 11.5 Å². The third-order valence-corrected chi connectivity index (χ3v) is 3.98. The molecule has 1 atom stereocenters. The van der Waals surface area contributed by atoms with Crippen LogP contribution < -0.4 is 20.5 Å². The Morgan fingerprint density at radius 3 is 2.44 bits per heavy atom. The lowest BCUT2D eigenvalue weighted by atomic mass is 10.1. The smallest absolute Gasteiger partial charge is 0.255 e. The number of aliphatic hydroxyl groups excluding tert-OH is 1. The number of methoxy groups -OCH3 is 1. The summed E-state index contributed by atoms with van der Waals surface area (Å²) < 4.78 is 10.7. The summed E-state index contributed by atoms with van der Waals surface area (Å²) in [7, 11) is 1.44. The summed E-state index contributed by atoms with van der Waals surface area (Å²) in [4.78, 5) is 12.4. The summed E-state index contributed by atoms with van der Waals surface area (Å²) in [5, 5.41) is 13.2. The number of halogens is 2. The predicted molar refractivity (Wildman–Crippen MR) is 109 cm³/mol. The van der Waals surface area contributed by atoms with Gasteiger partial charge in [0.25, 0.3) is 5.91 Å². The Kier molecular flexibility index (Phi) is 8.69. The summed E-state index contributed by atoms with van der Waals surface area (Å²) in [6.07, 6.45) is -0.783. The highest BCUT2D eigenvalue weighted by molar-refractivity contribution is 6.33. The van der Waals surface area contributed by atoms with Crippen LogP contribution in [0.3, 0.4) is 0 Å². The van der Waals surface area contributed by atoms with Crippen molar-refractivity contribution in [2.24, 2.45) is 0 Å². The number of ether oxygens (including phenoxy) is 2. The van der Waals surface area contributed by atoms with Crippen LogP contribution in [0.1, 0.15) is 35.9 Å². The fraction of sp³-hybridized carbons (Fsp3) is 0.316. The normalized spacial score (nSPS) is 11.5. The average Bonchev–Trinajstić information content (AvgIpc) is 2.61. The molecule has 0 aliphatic carbocycles. The first-order valence-corrected chi connectivity index (χ1v) is 8.55. The summed E-state index contributed by atoms with van der Waals surface area (Å²) in [6, 6.07) is 10.0. The topological polar surface area (TPSA) is 93.8 Å². The minimum absolute atomic E-state index is 0. The van der Waals surface area contributed by atoms with E-state index in [-0.39, 0.29) is 35.6 Å². The van der Waals surface area contributed by atoms with Crippen molar-refractivity contribution in [2.75, 3.05) is 19.4 Å². The minimum atomic E-state index is -0.859. The largest absolute Gasteiger partial charge is 0.496 e. The molecule has 0 bridgehead atoms. The molecule has 8 heteroatoms. The molecule has 0 spiro atoms. The quantitative estimate of drug-likeness (QED) is 0.601. The van der Waals surface area contributed by atoms with Gasteiger partial charge in [0, 0.05) is 12.6 Å². The second-order valence-electron chi connectivity index (χ2n) is 6.04. The molecule has 4 N–H and O–H groups in total. The van der Waals surface area contributed by atoms with E-state index in [0.29, 0.717) is 17.0 Å². The summed E-state index contributed by atoms with van der Waals surface area (Å²) in [6.45, 7) is 3.92. The van der Waals surface area contributed by atoms with Crippen LogP contribution >= 0.6 is 24.0 Å². The van der Waals surface area contributed by atoms with E-state index in [0.717, 1.165) is 5.75 Å². The van der Waals surface area contributed by atoms with Gasteiger partial charge in [-0.05, 0) is 37.6 Å². The number of nitrogens with one attached hydrogen (secondary N) is 1. The Labute approximate surface area is 170 Å². The molecule has 2 aromatic carbocycles. The zero-order valence-corrected chi connectivity index (χ0v) is 16.9. The number of carbonyl (C=O) groups excluding carboxylic acids is 1. The number of nitrogens with two attached hydrogens (primary N) is 1. The van der Waals surface area contributed by atoms with E-state index in [2.05, 4.69) is 5.32 Å². The van der Waals surface area contributed by atoms with Gasteiger partial charge in [-0.15, -0.1) is 12.4 Å². The van der Waals surface area contributed by atoms with Crippen molar-refractivity contribution in [1.29, 1.82) is 0 Å². The van der Waals surface area contributed by atoms with Gasteiger partial charge in [-0.3, -0.25) is 4.79 Å². The van der Waals surface area contributed by atoms with Crippen LogP contribution in [-0.4, -0.2) is 30.8 Å². The van der Waals surface area contributed by atoms with E-state index in [1.807, 2.05) is 13.8 Å². The van der Waals surface area contributed by atoms with E-state index in [9.17, 15) is 9.90 Å². The first kappa shape index (κ1) is 22.9. The van der Waals surface area contributed by atoms with Crippen molar-refractivity contribution < 1.29 is 19.4 Å². The Bertz CT molecular complexity index is 767. The average molecular weight is 415 g/mol. The number of hydrogen-bond acceptors (Lipinski definition) is 5. The number of benzene rings is 2. The number of hydrogen-bond donors (Lipinski definition) is 3. The van der Waals surface area contributed by atoms with Gasteiger partial charge in [0.15, 0.2) is 0 Å². The van der Waals surface area contributed by atoms with Crippen molar-refractivity contribution in [2.45, 2.75) is 26.1 Å². The molecule has 0 radical (unpaired) electrons. The molecule has 0 aromatic heterocycles. The van der Waals surface area contributed by atoms with Crippen molar-refractivity contribution in [3.05, 3.63) is 52.5 Å². The maximum atomic E-state index is 12.4. The number of anilines is 1. The van der Waals surface area contributed by atoms with Crippen molar-refractivity contribution in [3.8, 4) is 11.5 Å². The lowest BCUT2D eigenvalue weighted by Gasteiger charge is -2.15. The van der Waals surface area contributed by atoms with Crippen LogP contribution in [0, 0.1) is 0 Å². The Morgan fingerprint density at radius 2 is 1.89 bits per heavy atom. The Hall–Kier alpha value is -2.15. The molecule has 1 unspecified atom stereocenters. The van der Waals surface area contributed by atoms with Crippen LogP contribution in [0.5, 0.6) is 11.5 Å². The molecule has 2 rings (SSSR count). The predicted octanol–water partition coefficient (Wildman–Crippen LogP) is 3.60. The molecule has 2 aromatic rings. The molecule has 0 saturated heterocycles. The highest BCUT2D eigenvalue weighted by Gasteiger charge is 2.17. The number of carbonyl (C=O) groups is 1. The maximum absolute atomic E-state index is 12.4. The van der Waals surface area contributed by atoms with Crippen LogP contribution in [0.15, 0.2) is 36.4 Å². The Morgan fingerprint density at radius 1 is 1.26 bits per heavy atom. The standard InChI is InChI=1S/C19H23ClN2O4.ClH/c1-11(2)26-13-6-4-12(5-7-13)17(23)10-22-19(24)14-8-15(20)16(21)9-18(14)25-3;/h4-9,11,17,23H,10,21H2,1-3H3,(H,22,24);1H. The van der Waals surface area contributed by atoms with E-state index in [1.54, 1.807) is 24.3 Å². The minimum Gasteiger partial charge on any atom is -0.496 e. The van der Waals surface area contributed by atoms with Crippen molar-refractivity contribution in [3.63, 3.8) is 0 Å². The second kappa shape index (κ2) is 10.3.